The number of rotatable bonds is 8. The van der Waals surface area contributed by atoms with Gasteiger partial charge in [0.2, 0.25) is 5.91 Å². The Bertz CT molecular complexity index is 593. The van der Waals surface area contributed by atoms with Gasteiger partial charge in [-0.25, -0.2) is 0 Å². The second-order valence-electron chi connectivity index (χ2n) is 4.54. The van der Waals surface area contributed by atoms with E-state index in [4.69, 9.17) is 9.94 Å². The van der Waals surface area contributed by atoms with Gasteiger partial charge in [-0.1, -0.05) is 17.8 Å². The number of hydrogen-bond donors (Lipinski definition) is 3. The van der Waals surface area contributed by atoms with Crippen molar-refractivity contribution < 1.29 is 19.5 Å². The summed E-state index contributed by atoms with van der Waals surface area (Å²) in [6.07, 6.45) is 1.58. The Balaban J connectivity index is 2.67. The van der Waals surface area contributed by atoms with E-state index in [2.05, 4.69) is 21.2 Å². The molecule has 0 bridgehead atoms. The molecule has 0 fully saturated rings. The molecule has 0 saturated carbocycles. The monoisotopic (exact) mass is 402 g/mol. The first-order valence-electron chi connectivity index (χ1n) is 6.80. The molecule has 3 N–H and O–H groups in total. The van der Waals surface area contributed by atoms with Gasteiger partial charge in [0.1, 0.15) is 5.75 Å². The Labute approximate surface area is 147 Å². The van der Waals surface area contributed by atoms with Crippen LogP contribution in [0.2, 0.25) is 0 Å². The van der Waals surface area contributed by atoms with Crippen LogP contribution in [0.5, 0.6) is 5.75 Å². The van der Waals surface area contributed by atoms with E-state index in [1.807, 2.05) is 17.6 Å². The van der Waals surface area contributed by atoms with Crippen molar-refractivity contribution in [2.75, 3.05) is 19.4 Å². The molecular weight excluding hydrogens is 384 g/mol. The molecule has 8 heteroatoms. The Morgan fingerprint density at radius 3 is 2.74 bits per heavy atom. The average Bonchev–Trinajstić information content (AvgIpc) is 2.51. The number of amides is 1. The van der Waals surface area contributed by atoms with Gasteiger partial charge in [-0.2, -0.15) is 0 Å². The average molecular weight is 403 g/mol. The lowest BCUT2D eigenvalue weighted by molar-refractivity contribution is -0.117. The molecule has 0 aliphatic carbocycles. The maximum Gasteiger partial charge on any atom is 0.249 e. The molecule has 1 amide bonds. The SMILES string of the molecule is COc1ccc(C/C(=C\NO)C(=O)NCCSC(C)=O)cc1Br. The number of benzene rings is 1. The number of hydroxylamine groups is 1. The van der Waals surface area contributed by atoms with Gasteiger partial charge in [0, 0.05) is 37.4 Å². The highest BCUT2D eigenvalue weighted by atomic mass is 79.9. The Morgan fingerprint density at radius 2 is 2.17 bits per heavy atom. The Hall–Kier alpha value is -1.51. The molecule has 0 heterocycles. The summed E-state index contributed by atoms with van der Waals surface area (Å²) in [5, 5.41) is 11.6. The summed E-state index contributed by atoms with van der Waals surface area (Å²) < 4.78 is 5.95. The van der Waals surface area contributed by atoms with Crippen LogP contribution < -0.4 is 15.5 Å². The summed E-state index contributed by atoms with van der Waals surface area (Å²) in [5.74, 6) is 0.905. The van der Waals surface area contributed by atoms with Crippen LogP contribution in [0.4, 0.5) is 0 Å². The number of halogens is 1. The minimum absolute atomic E-state index is 0.00937. The van der Waals surface area contributed by atoms with Gasteiger partial charge in [-0.15, -0.1) is 0 Å². The number of thioether (sulfide) groups is 1. The standard InChI is InChI=1S/C15H19BrN2O4S/c1-10(19)23-6-5-17-15(20)12(9-18-21)7-11-3-4-14(22-2)13(16)8-11/h3-4,8-9,18,21H,5-7H2,1-2H3,(H,17,20)/b12-9+. The van der Waals surface area contributed by atoms with Crippen molar-refractivity contribution in [3.8, 4) is 5.75 Å². The summed E-state index contributed by atoms with van der Waals surface area (Å²) in [6.45, 7) is 1.85. The maximum absolute atomic E-state index is 12.1. The van der Waals surface area contributed by atoms with Crippen LogP contribution in [0, 0.1) is 0 Å². The molecule has 0 saturated heterocycles. The largest absolute Gasteiger partial charge is 0.496 e. The maximum atomic E-state index is 12.1. The first-order chi connectivity index (χ1) is 11.0. The van der Waals surface area contributed by atoms with E-state index in [0.717, 1.165) is 21.8 Å². The van der Waals surface area contributed by atoms with Crippen molar-refractivity contribution in [1.82, 2.24) is 10.8 Å². The van der Waals surface area contributed by atoms with Gasteiger partial charge >= 0.3 is 0 Å². The lowest BCUT2D eigenvalue weighted by Gasteiger charge is -2.10. The second-order valence-corrected chi connectivity index (χ2v) is 6.67. The molecule has 0 atom stereocenters. The zero-order valence-electron chi connectivity index (χ0n) is 12.9. The molecule has 0 aromatic heterocycles. The minimum Gasteiger partial charge on any atom is -0.496 e. The molecule has 0 radical (unpaired) electrons. The van der Waals surface area contributed by atoms with Crippen LogP contribution in [0.15, 0.2) is 34.4 Å². The molecule has 23 heavy (non-hydrogen) atoms. The number of methoxy groups -OCH3 is 1. The molecule has 1 aromatic rings. The fraction of sp³-hybridized carbons (Fsp3) is 0.333. The quantitative estimate of drug-likeness (QED) is 0.351. The zero-order chi connectivity index (χ0) is 17.2. The van der Waals surface area contributed by atoms with Crippen LogP contribution in [-0.4, -0.2) is 35.6 Å². The van der Waals surface area contributed by atoms with Gasteiger partial charge in [-0.05, 0) is 33.6 Å². The van der Waals surface area contributed by atoms with E-state index >= 15 is 0 Å². The third-order valence-corrected chi connectivity index (χ3v) is 4.27. The van der Waals surface area contributed by atoms with E-state index in [1.54, 1.807) is 13.2 Å². The normalized spacial score (nSPS) is 11.0. The minimum atomic E-state index is -0.303. The number of carbonyl (C=O) groups excluding carboxylic acids is 2. The number of nitrogens with one attached hydrogen (secondary N) is 2. The highest BCUT2D eigenvalue weighted by Crippen LogP contribution is 2.26. The van der Waals surface area contributed by atoms with Crippen LogP contribution in [0.3, 0.4) is 0 Å². The molecule has 0 aliphatic heterocycles. The van der Waals surface area contributed by atoms with Gasteiger partial charge in [0.25, 0.3) is 0 Å². The predicted molar refractivity (Wildman–Crippen MR) is 93.6 cm³/mol. The van der Waals surface area contributed by atoms with Crippen LogP contribution in [0.25, 0.3) is 0 Å². The highest BCUT2D eigenvalue weighted by Gasteiger charge is 2.11. The summed E-state index contributed by atoms with van der Waals surface area (Å²) >= 11 is 4.54. The molecule has 126 valence electrons. The van der Waals surface area contributed by atoms with Gasteiger partial charge in [0.05, 0.1) is 11.6 Å². The Morgan fingerprint density at radius 1 is 1.43 bits per heavy atom. The van der Waals surface area contributed by atoms with E-state index in [-0.39, 0.29) is 11.0 Å². The first kappa shape index (κ1) is 19.5. The lowest BCUT2D eigenvalue weighted by Crippen LogP contribution is -2.29. The van der Waals surface area contributed by atoms with E-state index < -0.39 is 0 Å². The summed E-state index contributed by atoms with van der Waals surface area (Å²) in [6, 6.07) is 5.49. The van der Waals surface area contributed by atoms with Gasteiger partial charge < -0.3 is 10.1 Å². The highest BCUT2D eigenvalue weighted by molar-refractivity contribution is 9.10. The summed E-state index contributed by atoms with van der Waals surface area (Å²) in [4.78, 5) is 23.0. The topological polar surface area (TPSA) is 87.7 Å². The van der Waals surface area contributed by atoms with Crippen molar-refractivity contribution in [2.45, 2.75) is 13.3 Å². The molecule has 0 spiro atoms. The predicted octanol–water partition coefficient (Wildman–Crippen LogP) is 2.26. The van der Waals surface area contributed by atoms with Crippen LogP contribution in [0.1, 0.15) is 12.5 Å². The number of carbonyl (C=O) groups is 2. The Kier molecular flexibility index (Phi) is 8.75. The molecular formula is C15H19BrN2O4S. The van der Waals surface area contributed by atoms with Crippen molar-refractivity contribution in [2.24, 2.45) is 0 Å². The lowest BCUT2D eigenvalue weighted by atomic mass is 10.1. The molecule has 0 unspecified atom stereocenters. The summed E-state index contributed by atoms with van der Waals surface area (Å²) in [7, 11) is 1.58. The van der Waals surface area contributed by atoms with Crippen molar-refractivity contribution in [3.63, 3.8) is 0 Å². The van der Waals surface area contributed by atoms with Crippen LogP contribution >= 0.6 is 27.7 Å². The fourth-order valence-electron chi connectivity index (χ4n) is 1.79. The van der Waals surface area contributed by atoms with Crippen molar-refractivity contribution in [1.29, 1.82) is 0 Å². The smallest absolute Gasteiger partial charge is 0.249 e. The number of hydrogen-bond acceptors (Lipinski definition) is 6. The molecule has 1 aromatic carbocycles. The van der Waals surface area contributed by atoms with Gasteiger partial charge in [-0.3, -0.25) is 20.3 Å². The second kappa shape index (κ2) is 10.3. The molecule has 6 nitrogen and oxygen atoms in total. The van der Waals surface area contributed by atoms with Crippen molar-refractivity contribution in [3.05, 3.63) is 40.0 Å². The summed E-state index contributed by atoms with van der Waals surface area (Å²) in [5.41, 5.74) is 3.15. The van der Waals surface area contributed by atoms with Crippen molar-refractivity contribution >= 4 is 38.7 Å². The van der Waals surface area contributed by atoms with Gasteiger partial charge in [0.15, 0.2) is 5.12 Å². The number of ether oxygens (including phenoxy) is 1. The van der Waals surface area contributed by atoms with E-state index in [1.165, 1.54) is 13.1 Å². The molecule has 1 rings (SSSR count). The van der Waals surface area contributed by atoms with E-state index in [0.29, 0.717) is 30.0 Å². The van der Waals surface area contributed by atoms with Crippen LogP contribution in [-0.2, 0) is 16.0 Å². The first-order valence-corrected chi connectivity index (χ1v) is 8.58. The third kappa shape index (κ3) is 7.06. The third-order valence-electron chi connectivity index (χ3n) is 2.83. The molecule has 0 aliphatic rings. The van der Waals surface area contributed by atoms with E-state index in [9.17, 15) is 9.59 Å². The fourth-order valence-corrected chi connectivity index (χ4v) is 2.87. The zero-order valence-corrected chi connectivity index (χ0v) is 15.3.